The molecule has 1 fully saturated rings. The largest absolute Gasteiger partial charge is 0.368 e. The van der Waals surface area contributed by atoms with Gasteiger partial charge < -0.3 is 10.2 Å². The van der Waals surface area contributed by atoms with E-state index in [2.05, 4.69) is 33.1 Å². The van der Waals surface area contributed by atoms with Crippen LogP contribution in [0.25, 0.3) is 0 Å². The van der Waals surface area contributed by atoms with Gasteiger partial charge in [0.1, 0.15) is 5.82 Å². The van der Waals surface area contributed by atoms with E-state index in [9.17, 15) is 4.39 Å². The molecule has 17 heavy (non-hydrogen) atoms. The normalized spacial score (nSPS) is 21.4. The summed E-state index contributed by atoms with van der Waals surface area (Å²) in [6.07, 6.45) is 2.14. The molecule has 0 saturated carbocycles. The first-order chi connectivity index (χ1) is 8.20. The summed E-state index contributed by atoms with van der Waals surface area (Å²) in [6.45, 7) is 4.99. The molecule has 1 N–H and O–H groups in total. The van der Waals surface area contributed by atoms with Gasteiger partial charge in [-0.3, -0.25) is 0 Å². The minimum Gasteiger partial charge on any atom is -0.368 e. The van der Waals surface area contributed by atoms with Crippen LogP contribution in [0.15, 0.2) is 22.7 Å². The molecule has 1 aliphatic heterocycles. The number of anilines is 1. The van der Waals surface area contributed by atoms with Gasteiger partial charge in [0.25, 0.3) is 0 Å². The molecule has 0 aromatic heterocycles. The molecule has 1 aromatic rings. The zero-order valence-corrected chi connectivity index (χ0v) is 11.6. The van der Waals surface area contributed by atoms with Crippen LogP contribution in [-0.4, -0.2) is 25.7 Å². The van der Waals surface area contributed by atoms with E-state index in [4.69, 9.17) is 0 Å². The molecule has 1 unspecified atom stereocenters. The van der Waals surface area contributed by atoms with Crippen LogP contribution in [0.3, 0.4) is 0 Å². The average Bonchev–Trinajstić information content (AvgIpc) is 2.54. The summed E-state index contributed by atoms with van der Waals surface area (Å²) < 4.78 is 14.7. The topological polar surface area (TPSA) is 15.3 Å². The predicted molar refractivity (Wildman–Crippen MR) is 73.0 cm³/mol. The Hall–Kier alpha value is -0.610. The highest BCUT2D eigenvalue weighted by atomic mass is 79.9. The summed E-state index contributed by atoms with van der Waals surface area (Å²) in [7, 11) is 0. The first-order valence-electron chi connectivity index (χ1n) is 6.14. The molecule has 1 aliphatic rings. The minimum atomic E-state index is -0.142. The van der Waals surface area contributed by atoms with Gasteiger partial charge in [-0.2, -0.15) is 0 Å². The monoisotopic (exact) mass is 300 g/mol. The highest BCUT2D eigenvalue weighted by Crippen LogP contribution is 2.24. The Bertz CT molecular complexity index is 384. The van der Waals surface area contributed by atoms with Crippen LogP contribution in [0.1, 0.15) is 19.8 Å². The van der Waals surface area contributed by atoms with Gasteiger partial charge in [0.15, 0.2) is 0 Å². The number of rotatable bonds is 2. The smallest absolute Gasteiger partial charge is 0.147 e. The van der Waals surface area contributed by atoms with Crippen molar-refractivity contribution < 1.29 is 4.39 Å². The standard InChI is InChI=1S/C13H18BrFN2/c1-2-11-9-17(7-3-6-16-11)13-5-4-10(14)8-12(13)15/h4-5,8,11,16H,2-3,6-7,9H2,1H3. The third-order valence-electron chi connectivity index (χ3n) is 3.22. The van der Waals surface area contributed by atoms with E-state index in [1.165, 1.54) is 6.07 Å². The maximum atomic E-state index is 13.9. The van der Waals surface area contributed by atoms with E-state index in [1.54, 1.807) is 0 Å². The first kappa shape index (κ1) is 12.8. The van der Waals surface area contributed by atoms with Crippen LogP contribution in [0.4, 0.5) is 10.1 Å². The molecule has 2 nitrogen and oxygen atoms in total. The molecule has 94 valence electrons. The number of hydrogen-bond acceptors (Lipinski definition) is 2. The second-order valence-corrected chi connectivity index (χ2v) is 5.37. The van der Waals surface area contributed by atoms with Gasteiger partial charge in [-0.25, -0.2) is 4.39 Å². The third kappa shape index (κ3) is 3.19. The van der Waals surface area contributed by atoms with Crippen LogP contribution >= 0.6 is 15.9 Å². The molecule has 1 aromatic carbocycles. The Morgan fingerprint density at radius 2 is 2.35 bits per heavy atom. The van der Waals surface area contributed by atoms with E-state index < -0.39 is 0 Å². The van der Waals surface area contributed by atoms with Gasteiger partial charge in [-0.15, -0.1) is 0 Å². The summed E-state index contributed by atoms with van der Waals surface area (Å²) >= 11 is 3.29. The van der Waals surface area contributed by atoms with Crippen molar-refractivity contribution >= 4 is 21.6 Å². The molecule has 2 rings (SSSR count). The van der Waals surface area contributed by atoms with Crippen LogP contribution in [0, 0.1) is 5.82 Å². The first-order valence-corrected chi connectivity index (χ1v) is 6.93. The lowest BCUT2D eigenvalue weighted by atomic mass is 10.2. The Balaban J connectivity index is 2.19. The van der Waals surface area contributed by atoms with Crippen LogP contribution < -0.4 is 10.2 Å². The SMILES string of the molecule is CCC1CN(c2ccc(Br)cc2F)CCCN1. The molecular weight excluding hydrogens is 283 g/mol. The Morgan fingerprint density at radius 3 is 3.06 bits per heavy atom. The maximum absolute atomic E-state index is 13.9. The predicted octanol–water partition coefficient (Wildman–Crippen LogP) is 3.17. The molecule has 0 bridgehead atoms. The second-order valence-electron chi connectivity index (χ2n) is 4.45. The lowest BCUT2D eigenvalue weighted by molar-refractivity contribution is 0.525. The number of nitrogens with zero attached hydrogens (tertiary/aromatic N) is 1. The minimum absolute atomic E-state index is 0.142. The van der Waals surface area contributed by atoms with E-state index in [0.29, 0.717) is 6.04 Å². The van der Waals surface area contributed by atoms with Crippen molar-refractivity contribution in [2.75, 3.05) is 24.5 Å². The van der Waals surface area contributed by atoms with E-state index in [-0.39, 0.29) is 5.82 Å². The van der Waals surface area contributed by atoms with Crippen molar-refractivity contribution in [1.29, 1.82) is 0 Å². The third-order valence-corrected chi connectivity index (χ3v) is 3.72. The van der Waals surface area contributed by atoms with Gasteiger partial charge in [-0.1, -0.05) is 22.9 Å². The van der Waals surface area contributed by atoms with Gasteiger partial charge in [0.2, 0.25) is 0 Å². The van der Waals surface area contributed by atoms with Crippen molar-refractivity contribution in [1.82, 2.24) is 5.32 Å². The quantitative estimate of drug-likeness (QED) is 0.902. The highest BCUT2D eigenvalue weighted by molar-refractivity contribution is 9.10. The molecule has 0 amide bonds. The number of hydrogen-bond donors (Lipinski definition) is 1. The van der Waals surface area contributed by atoms with Gasteiger partial charge in [0, 0.05) is 23.6 Å². The fraction of sp³-hybridized carbons (Fsp3) is 0.538. The molecule has 1 heterocycles. The summed E-state index contributed by atoms with van der Waals surface area (Å²) in [5.74, 6) is -0.142. The van der Waals surface area contributed by atoms with Crippen LogP contribution in [-0.2, 0) is 0 Å². The molecular formula is C13H18BrFN2. The summed E-state index contributed by atoms with van der Waals surface area (Å²) in [6, 6.07) is 5.75. The van der Waals surface area contributed by atoms with E-state index in [0.717, 1.165) is 42.6 Å². The van der Waals surface area contributed by atoms with Crippen molar-refractivity contribution in [2.24, 2.45) is 0 Å². The van der Waals surface area contributed by atoms with E-state index >= 15 is 0 Å². The molecule has 1 atom stereocenters. The lowest BCUT2D eigenvalue weighted by Crippen LogP contribution is -2.37. The summed E-state index contributed by atoms with van der Waals surface area (Å²) in [5.41, 5.74) is 0.718. The zero-order valence-electron chi connectivity index (χ0n) is 10.0. The fourth-order valence-corrected chi connectivity index (χ4v) is 2.56. The van der Waals surface area contributed by atoms with Crippen molar-refractivity contribution in [3.8, 4) is 0 Å². The Morgan fingerprint density at radius 1 is 1.53 bits per heavy atom. The number of halogens is 2. The molecule has 0 aliphatic carbocycles. The number of nitrogens with one attached hydrogen (secondary N) is 1. The second kappa shape index (κ2) is 5.83. The van der Waals surface area contributed by atoms with Crippen molar-refractivity contribution in [2.45, 2.75) is 25.8 Å². The van der Waals surface area contributed by atoms with Gasteiger partial charge in [-0.05, 0) is 37.6 Å². The van der Waals surface area contributed by atoms with Crippen molar-refractivity contribution in [3.63, 3.8) is 0 Å². The number of benzene rings is 1. The molecule has 0 radical (unpaired) electrons. The average molecular weight is 301 g/mol. The fourth-order valence-electron chi connectivity index (χ4n) is 2.23. The summed E-state index contributed by atoms with van der Waals surface area (Å²) in [5, 5.41) is 3.49. The Kier molecular flexibility index (Phi) is 4.40. The van der Waals surface area contributed by atoms with Gasteiger partial charge >= 0.3 is 0 Å². The lowest BCUT2D eigenvalue weighted by Gasteiger charge is -2.26. The maximum Gasteiger partial charge on any atom is 0.147 e. The Labute approximate surface area is 110 Å². The molecule has 0 spiro atoms. The zero-order chi connectivity index (χ0) is 12.3. The molecule has 1 saturated heterocycles. The van der Waals surface area contributed by atoms with Gasteiger partial charge in [0.05, 0.1) is 5.69 Å². The highest BCUT2D eigenvalue weighted by Gasteiger charge is 2.18. The van der Waals surface area contributed by atoms with Crippen LogP contribution in [0.5, 0.6) is 0 Å². The molecule has 4 heteroatoms. The summed E-state index contributed by atoms with van der Waals surface area (Å²) in [4.78, 5) is 2.15. The van der Waals surface area contributed by atoms with E-state index in [1.807, 2.05) is 12.1 Å². The van der Waals surface area contributed by atoms with Crippen molar-refractivity contribution in [3.05, 3.63) is 28.5 Å². The van der Waals surface area contributed by atoms with Crippen LogP contribution in [0.2, 0.25) is 0 Å².